The summed E-state index contributed by atoms with van der Waals surface area (Å²) in [6.07, 6.45) is 2.88. The summed E-state index contributed by atoms with van der Waals surface area (Å²) in [6.45, 7) is 3.33. The third-order valence-electron chi connectivity index (χ3n) is 1.57. The molecule has 0 aromatic heterocycles. The van der Waals surface area contributed by atoms with Gasteiger partial charge in [0.2, 0.25) is 5.79 Å². The Labute approximate surface area is 92.1 Å². The van der Waals surface area contributed by atoms with Crippen LogP contribution >= 0.6 is 0 Å². The van der Waals surface area contributed by atoms with Crippen molar-refractivity contribution in [2.45, 2.75) is 19.6 Å². The Morgan fingerprint density at radius 1 is 1.50 bits per heavy atom. The first-order valence-corrected chi connectivity index (χ1v) is 4.53. The number of hydrogen-bond donors (Lipinski definition) is 1. The van der Waals surface area contributed by atoms with Gasteiger partial charge in [0.15, 0.2) is 12.4 Å². The minimum Gasteiger partial charge on any atom is -0.478 e. The molecule has 0 spiro atoms. The van der Waals surface area contributed by atoms with E-state index in [1.54, 1.807) is 13.8 Å². The molecule has 0 amide bonds. The molecule has 16 heavy (non-hydrogen) atoms. The number of carboxylic acid groups (broad SMARTS) is 1. The molecule has 6 heteroatoms. The van der Waals surface area contributed by atoms with Crippen molar-refractivity contribution >= 4 is 11.9 Å². The van der Waals surface area contributed by atoms with Crippen molar-refractivity contribution in [3.8, 4) is 0 Å². The maximum absolute atomic E-state index is 11.0. The number of carboxylic acids is 1. The predicted molar refractivity (Wildman–Crippen MR) is 52.1 cm³/mol. The van der Waals surface area contributed by atoms with Crippen LogP contribution in [0.2, 0.25) is 0 Å². The second-order valence-electron chi connectivity index (χ2n) is 3.48. The normalized spacial score (nSPS) is 17.5. The van der Waals surface area contributed by atoms with Crippen LogP contribution in [0.5, 0.6) is 0 Å². The first kappa shape index (κ1) is 12.1. The van der Waals surface area contributed by atoms with E-state index < -0.39 is 17.7 Å². The Bertz CT molecular complexity index is 352. The highest BCUT2D eigenvalue weighted by atomic mass is 16.7. The lowest BCUT2D eigenvalue weighted by Crippen LogP contribution is -2.21. The van der Waals surface area contributed by atoms with Gasteiger partial charge in [0.05, 0.1) is 0 Å². The second kappa shape index (κ2) is 4.69. The summed E-state index contributed by atoms with van der Waals surface area (Å²) in [5.41, 5.74) is 0. The molecule has 0 atom stereocenters. The monoisotopic (exact) mass is 228 g/mol. The van der Waals surface area contributed by atoms with Crippen molar-refractivity contribution in [2.24, 2.45) is 0 Å². The van der Waals surface area contributed by atoms with Crippen LogP contribution in [-0.2, 0) is 23.8 Å². The molecule has 6 nitrogen and oxygen atoms in total. The molecule has 1 heterocycles. The minimum atomic E-state index is -1.21. The van der Waals surface area contributed by atoms with Gasteiger partial charge in [-0.2, -0.15) is 0 Å². The molecule has 0 aromatic rings. The number of rotatable bonds is 4. The zero-order valence-electron chi connectivity index (χ0n) is 8.93. The van der Waals surface area contributed by atoms with Crippen molar-refractivity contribution in [3.63, 3.8) is 0 Å². The van der Waals surface area contributed by atoms with E-state index in [2.05, 4.69) is 0 Å². The third kappa shape index (κ3) is 4.04. The smallest absolute Gasteiger partial charge is 0.331 e. The van der Waals surface area contributed by atoms with Crippen molar-refractivity contribution in [3.05, 3.63) is 24.2 Å². The fraction of sp³-hybridized carbons (Fsp3) is 0.400. The fourth-order valence-electron chi connectivity index (χ4n) is 0.965. The molecule has 0 unspecified atom stereocenters. The van der Waals surface area contributed by atoms with Gasteiger partial charge in [0, 0.05) is 26.0 Å². The Hall–Kier alpha value is -1.98. The van der Waals surface area contributed by atoms with Crippen molar-refractivity contribution in [1.29, 1.82) is 0 Å². The molecule has 0 bridgehead atoms. The molecule has 1 aliphatic heterocycles. The summed E-state index contributed by atoms with van der Waals surface area (Å²) < 4.78 is 15.0. The molecule has 1 N–H and O–H groups in total. The van der Waals surface area contributed by atoms with Crippen LogP contribution in [0.15, 0.2) is 24.2 Å². The summed E-state index contributed by atoms with van der Waals surface area (Å²) in [6, 6.07) is 0. The summed E-state index contributed by atoms with van der Waals surface area (Å²) in [7, 11) is 0. The Balaban J connectivity index is 2.31. The average Bonchev–Trinajstić information content (AvgIpc) is 2.52. The van der Waals surface area contributed by atoms with E-state index in [1.165, 1.54) is 6.26 Å². The summed E-state index contributed by atoms with van der Waals surface area (Å²) >= 11 is 0. The number of hydrogen-bond acceptors (Lipinski definition) is 5. The van der Waals surface area contributed by atoms with Crippen LogP contribution in [-0.4, -0.2) is 29.4 Å². The van der Waals surface area contributed by atoms with Crippen molar-refractivity contribution < 1.29 is 28.9 Å². The topological polar surface area (TPSA) is 82.1 Å². The molecule has 1 aliphatic rings. The predicted octanol–water partition coefficient (Wildman–Crippen LogP) is 0.795. The van der Waals surface area contributed by atoms with Crippen LogP contribution in [0.4, 0.5) is 0 Å². The molecule has 0 radical (unpaired) electrons. The van der Waals surface area contributed by atoms with Gasteiger partial charge >= 0.3 is 11.9 Å². The molecule has 88 valence electrons. The van der Waals surface area contributed by atoms with Crippen molar-refractivity contribution in [1.82, 2.24) is 0 Å². The largest absolute Gasteiger partial charge is 0.478 e. The molecule has 0 fully saturated rings. The number of carbonyl (C=O) groups is 2. The SMILES string of the molecule is CC1(C)OC=C(COC(=O)C=CC(=O)O)O1. The average molecular weight is 228 g/mol. The summed E-state index contributed by atoms with van der Waals surface area (Å²) in [5.74, 6) is -2.34. The highest BCUT2D eigenvalue weighted by Crippen LogP contribution is 2.23. The first-order chi connectivity index (χ1) is 7.39. The third-order valence-corrected chi connectivity index (χ3v) is 1.57. The van der Waals surface area contributed by atoms with Crippen LogP contribution in [0, 0.1) is 0 Å². The maximum atomic E-state index is 11.0. The second-order valence-corrected chi connectivity index (χ2v) is 3.48. The standard InChI is InChI=1S/C10H12O6/c1-10(2)15-6-7(16-10)5-14-9(13)4-3-8(11)12/h3-4,6H,5H2,1-2H3,(H,11,12). The van der Waals surface area contributed by atoms with Gasteiger partial charge in [-0.3, -0.25) is 0 Å². The van der Waals surface area contributed by atoms with Crippen LogP contribution in [0.3, 0.4) is 0 Å². The molecule has 0 aliphatic carbocycles. The highest BCUT2D eigenvalue weighted by molar-refractivity contribution is 5.90. The lowest BCUT2D eigenvalue weighted by Gasteiger charge is -2.17. The Morgan fingerprint density at radius 3 is 2.69 bits per heavy atom. The first-order valence-electron chi connectivity index (χ1n) is 4.53. The van der Waals surface area contributed by atoms with Gasteiger partial charge in [-0.05, 0) is 0 Å². The number of ether oxygens (including phenoxy) is 3. The maximum Gasteiger partial charge on any atom is 0.331 e. The summed E-state index contributed by atoms with van der Waals surface area (Å²) in [4.78, 5) is 21.1. The van der Waals surface area contributed by atoms with E-state index in [-0.39, 0.29) is 6.61 Å². The number of aliphatic carboxylic acids is 1. The molecule has 1 rings (SSSR count). The lowest BCUT2D eigenvalue weighted by atomic mass is 10.4. The highest BCUT2D eigenvalue weighted by Gasteiger charge is 2.27. The molecule has 0 saturated heterocycles. The number of esters is 1. The van der Waals surface area contributed by atoms with Gasteiger partial charge in [0.25, 0.3) is 0 Å². The van der Waals surface area contributed by atoms with Gasteiger partial charge < -0.3 is 19.3 Å². The molecule has 0 saturated carbocycles. The van der Waals surface area contributed by atoms with Crippen LogP contribution < -0.4 is 0 Å². The van der Waals surface area contributed by atoms with Crippen LogP contribution in [0.1, 0.15) is 13.8 Å². The van der Waals surface area contributed by atoms with E-state index in [0.29, 0.717) is 11.8 Å². The van der Waals surface area contributed by atoms with Gasteiger partial charge in [-0.15, -0.1) is 0 Å². The van der Waals surface area contributed by atoms with E-state index in [1.807, 2.05) is 0 Å². The Morgan fingerprint density at radius 2 is 2.19 bits per heavy atom. The number of carbonyl (C=O) groups excluding carboxylic acids is 1. The van der Waals surface area contributed by atoms with E-state index >= 15 is 0 Å². The van der Waals surface area contributed by atoms with E-state index in [0.717, 1.165) is 6.08 Å². The zero-order valence-corrected chi connectivity index (χ0v) is 8.93. The molecule has 0 aromatic carbocycles. The zero-order chi connectivity index (χ0) is 12.2. The van der Waals surface area contributed by atoms with E-state index in [9.17, 15) is 9.59 Å². The van der Waals surface area contributed by atoms with Gasteiger partial charge in [0.1, 0.15) is 6.26 Å². The van der Waals surface area contributed by atoms with Crippen molar-refractivity contribution in [2.75, 3.05) is 6.61 Å². The van der Waals surface area contributed by atoms with E-state index in [4.69, 9.17) is 19.3 Å². The van der Waals surface area contributed by atoms with Crippen LogP contribution in [0.25, 0.3) is 0 Å². The van der Waals surface area contributed by atoms with Gasteiger partial charge in [-0.1, -0.05) is 0 Å². The Kier molecular flexibility index (Phi) is 3.55. The molecular formula is C10H12O6. The summed E-state index contributed by atoms with van der Waals surface area (Å²) in [5, 5.41) is 8.26. The lowest BCUT2D eigenvalue weighted by molar-refractivity contribution is -0.143. The minimum absolute atomic E-state index is 0.0910. The molecular weight excluding hydrogens is 216 g/mol. The quantitative estimate of drug-likeness (QED) is 0.566. The van der Waals surface area contributed by atoms with Gasteiger partial charge in [-0.25, -0.2) is 9.59 Å². The fourth-order valence-corrected chi connectivity index (χ4v) is 0.965.